The fourth-order valence-electron chi connectivity index (χ4n) is 2.94. The molecule has 11 heteroatoms. The lowest BCUT2D eigenvalue weighted by Gasteiger charge is -2.09. The van der Waals surface area contributed by atoms with Gasteiger partial charge in [0.15, 0.2) is 11.5 Å². The van der Waals surface area contributed by atoms with Crippen LogP contribution in [0.15, 0.2) is 46.2 Å². The highest BCUT2D eigenvalue weighted by atomic mass is 32.1. The maximum absolute atomic E-state index is 13.0. The molecule has 4 aromatic rings. The number of carbonyl (C=O) groups excluding carboxylic acids is 1. The first-order chi connectivity index (χ1) is 14.7. The number of alkyl halides is 3. The Morgan fingerprint density at radius 2 is 2.03 bits per heavy atom. The van der Waals surface area contributed by atoms with Crippen molar-refractivity contribution in [1.29, 1.82) is 0 Å². The third kappa shape index (κ3) is 4.36. The first-order valence-corrected chi connectivity index (χ1v) is 9.99. The molecule has 0 atom stereocenters. The number of hydrogen-bond acceptors (Lipinski definition) is 6. The van der Waals surface area contributed by atoms with Crippen LogP contribution in [-0.4, -0.2) is 25.9 Å². The summed E-state index contributed by atoms with van der Waals surface area (Å²) in [6.45, 7) is 3.57. The van der Waals surface area contributed by atoms with Gasteiger partial charge in [0, 0.05) is 5.38 Å². The van der Waals surface area contributed by atoms with E-state index in [1.54, 1.807) is 19.1 Å². The molecular weight excluding hydrogens is 431 g/mol. The van der Waals surface area contributed by atoms with Crippen LogP contribution >= 0.6 is 11.3 Å². The molecule has 1 amide bonds. The van der Waals surface area contributed by atoms with Crippen LogP contribution in [0.4, 0.5) is 13.2 Å². The van der Waals surface area contributed by atoms with E-state index in [0.29, 0.717) is 17.2 Å². The summed E-state index contributed by atoms with van der Waals surface area (Å²) in [6, 6.07) is 8.16. The molecule has 0 saturated carbocycles. The Morgan fingerprint density at radius 3 is 2.74 bits per heavy atom. The van der Waals surface area contributed by atoms with Crippen molar-refractivity contribution in [2.75, 3.05) is 0 Å². The maximum Gasteiger partial charge on any atom is 0.416 e. The lowest BCUT2D eigenvalue weighted by Crippen LogP contribution is -2.23. The predicted octanol–water partition coefficient (Wildman–Crippen LogP) is 4.55. The number of nitrogens with one attached hydrogen (secondary N) is 1. The van der Waals surface area contributed by atoms with Crippen molar-refractivity contribution in [3.63, 3.8) is 0 Å². The van der Waals surface area contributed by atoms with Gasteiger partial charge in [-0.1, -0.05) is 11.3 Å². The summed E-state index contributed by atoms with van der Waals surface area (Å²) >= 11 is 1.51. The number of aryl methyl sites for hydroxylation is 1. The highest BCUT2D eigenvalue weighted by molar-refractivity contribution is 7.09. The van der Waals surface area contributed by atoms with Crippen molar-refractivity contribution < 1.29 is 22.4 Å². The number of carbonyl (C=O) groups is 1. The molecule has 0 fully saturated rings. The maximum atomic E-state index is 13.0. The molecular formula is C20H16F3N5O2S. The standard InChI is InChI=1S/C20H16F3N5O2S/c1-11-18(26-27-28(11)14-5-3-4-13(8-14)20(21,22)23)19(29)24-9-15-6-7-17(30-15)16-10-31-12(2)25-16/h3-8,10H,9H2,1-2H3,(H,24,29). The predicted molar refractivity (Wildman–Crippen MR) is 107 cm³/mol. The van der Waals surface area contributed by atoms with Crippen LogP contribution in [0.3, 0.4) is 0 Å². The summed E-state index contributed by atoms with van der Waals surface area (Å²) < 4.78 is 45.8. The van der Waals surface area contributed by atoms with Crippen molar-refractivity contribution in [2.24, 2.45) is 0 Å². The Bertz CT molecular complexity index is 1240. The number of furan rings is 1. The fraction of sp³-hybridized carbons (Fsp3) is 0.200. The Labute approximate surface area is 178 Å². The van der Waals surface area contributed by atoms with E-state index >= 15 is 0 Å². The van der Waals surface area contributed by atoms with Gasteiger partial charge in [0.25, 0.3) is 5.91 Å². The molecule has 0 spiro atoms. The second-order valence-corrected chi connectivity index (χ2v) is 7.75. The van der Waals surface area contributed by atoms with Crippen LogP contribution in [0.2, 0.25) is 0 Å². The molecule has 7 nitrogen and oxygen atoms in total. The molecule has 1 aromatic carbocycles. The molecule has 0 aliphatic carbocycles. The van der Waals surface area contributed by atoms with Gasteiger partial charge in [-0.2, -0.15) is 13.2 Å². The summed E-state index contributed by atoms with van der Waals surface area (Å²) in [6.07, 6.45) is -4.48. The second-order valence-electron chi connectivity index (χ2n) is 6.68. The molecule has 4 rings (SSSR count). The van der Waals surface area contributed by atoms with Crippen molar-refractivity contribution in [2.45, 2.75) is 26.6 Å². The zero-order chi connectivity index (χ0) is 22.2. The van der Waals surface area contributed by atoms with E-state index < -0.39 is 17.6 Å². The summed E-state index contributed by atoms with van der Waals surface area (Å²) in [5, 5.41) is 13.1. The lowest BCUT2D eigenvalue weighted by atomic mass is 10.2. The van der Waals surface area contributed by atoms with Gasteiger partial charge >= 0.3 is 6.18 Å². The van der Waals surface area contributed by atoms with Gasteiger partial charge in [-0.25, -0.2) is 9.67 Å². The van der Waals surface area contributed by atoms with Crippen LogP contribution in [0.1, 0.15) is 32.5 Å². The van der Waals surface area contributed by atoms with Crippen LogP contribution in [-0.2, 0) is 12.7 Å². The average molecular weight is 447 g/mol. The number of benzene rings is 1. The molecule has 0 unspecified atom stereocenters. The number of nitrogens with zero attached hydrogens (tertiary/aromatic N) is 4. The van der Waals surface area contributed by atoms with Gasteiger partial charge in [0.05, 0.1) is 28.5 Å². The van der Waals surface area contributed by atoms with Crippen LogP contribution < -0.4 is 5.32 Å². The normalized spacial score (nSPS) is 11.6. The van der Waals surface area contributed by atoms with E-state index in [0.717, 1.165) is 22.8 Å². The van der Waals surface area contributed by atoms with Gasteiger partial charge in [0.1, 0.15) is 11.5 Å². The van der Waals surface area contributed by atoms with Gasteiger partial charge in [-0.15, -0.1) is 16.4 Å². The zero-order valence-electron chi connectivity index (χ0n) is 16.4. The molecule has 0 saturated heterocycles. The van der Waals surface area contributed by atoms with E-state index in [9.17, 15) is 18.0 Å². The third-order valence-corrected chi connectivity index (χ3v) is 5.26. The molecule has 31 heavy (non-hydrogen) atoms. The molecule has 160 valence electrons. The van der Waals surface area contributed by atoms with Crippen LogP contribution in [0.25, 0.3) is 17.1 Å². The Balaban J connectivity index is 1.47. The zero-order valence-corrected chi connectivity index (χ0v) is 17.2. The van der Waals surface area contributed by atoms with Crippen molar-refractivity contribution in [3.05, 3.63) is 69.5 Å². The largest absolute Gasteiger partial charge is 0.458 e. The number of thiazole rings is 1. The molecule has 0 radical (unpaired) electrons. The fourth-order valence-corrected chi connectivity index (χ4v) is 3.54. The number of halogens is 3. The average Bonchev–Trinajstić information content (AvgIpc) is 3.45. The van der Waals surface area contributed by atoms with Crippen molar-refractivity contribution in [3.8, 4) is 17.1 Å². The minimum absolute atomic E-state index is 0.0133. The topological polar surface area (TPSA) is 85.8 Å². The van der Waals surface area contributed by atoms with Gasteiger partial charge in [0.2, 0.25) is 0 Å². The summed E-state index contributed by atoms with van der Waals surface area (Å²) in [5.41, 5.74) is 0.400. The number of aromatic nitrogens is 4. The number of rotatable bonds is 5. The van der Waals surface area contributed by atoms with E-state index in [2.05, 4.69) is 20.6 Å². The van der Waals surface area contributed by atoms with E-state index in [1.165, 1.54) is 28.2 Å². The quantitative estimate of drug-likeness (QED) is 0.485. The Hall–Kier alpha value is -3.47. The van der Waals surface area contributed by atoms with E-state index in [4.69, 9.17) is 4.42 Å². The van der Waals surface area contributed by atoms with Gasteiger partial charge in [-0.05, 0) is 44.2 Å². The molecule has 0 aliphatic rings. The highest BCUT2D eigenvalue weighted by Gasteiger charge is 2.31. The van der Waals surface area contributed by atoms with E-state index in [1.807, 2.05) is 12.3 Å². The summed E-state index contributed by atoms with van der Waals surface area (Å²) in [5.74, 6) is 0.607. The highest BCUT2D eigenvalue weighted by Crippen LogP contribution is 2.30. The Morgan fingerprint density at radius 1 is 1.23 bits per heavy atom. The van der Waals surface area contributed by atoms with Crippen molar-refractivity contribution in [1.82, 2.24) is 25.3 Å². The second kappa shape index (κ2) is 7.99. The Kier molecular flexibility index (Phi) is 5.36. The SMILES string of the molecule is Cc1nc(-c2ccc(CNC(=O)c3nnn(-c4cccc(C(F)(F)F)c4)c3C)o2)cs1. The molecule has 3 heterocycles. The first kappa shape index (κ1) is 20.8. The molecule has 0 bridgehead atoms. The number of amides is 1. The smallest absolute Gasteiger partial charge is 0.416 e. The minimum atomic E-state index is -4.48. The first-order valence-electron chi connectivity index (χ1n) is 9.12. The number of hydrogen-bond donors (Lipinski definition) is 1. The summed E-state index contributed by atoms with van der Waals surface area (Å²) in [4.78, 5) is 16.9. The third-order valence-electron chi connectivity index (χ3n) is 4.48. The van der Waals surface area contributed by atoms with Crippen molar-refractivity contribution >= 4 is 17.2 Å². The van der Waals surface area contributed by atoms with Crippen LogP contribution in [0, 0.1) is 13.8 Å². The molecule has 0 aliphatic heterocycles. The van der Waals surface area contributed by atoms with Crippen LogP contribution in [0.5, 0.6) is 0 Å². The van der Waals surface area contributed by atoms with E-state index in [-0.39, 0.29) is 17.9 Å². The molecule has 3 aromatic heterocycles. The van der Waals surface area contributed by atoms with Gasteiger partial charge in [-0.3, -0.25) is 4.79 Å². The lowest BCUT2D eigenvalue weighted by molar-refractivity contribution is -0.137. The molecule has 1 N–H and O–H groups in total. The summed E-state index contributed by atoms with van der Waals surface area (Å²) in [7, 11) is 0. The monoisotopic (exact) mass is 447 g/mol. The van der Waals surface area contributed by atoms with Gasteiger partial charge < -0.3 is 9.73 Å². The minimum Gasteiger partial charge on any atom is -0.458 e.